The summed E-state index contributed by atoms with van der Waals surface area (Å²) in [5, 5.41) is -0.446. The SMILES string of the molecule is O=C1CC(C(=O)Cl)c2ccccc21. The van der Waals surface area contributed by atoms with Gasteiger partial charge < -0.3 is 0 Å². The number of Topliss-reactive ketones (excluding diaryl/α,β-unsaturated/α-hetero) is 1. The first-order chi connectivity index (χ1) is 6.20. The van der Waals surface area contributed by atoms with Crippen molar-refractivity contribution in [2.45, 2.75) is 12.3 Å². The van der Waals surface area contributed by atoms with Gasteiger partial charge in [0.05, 0.1) is 5.92 Å². The molecule has 3 heteroatoms. The number of benzene rings is 1. The van der Waals surface area contributed by atoms with Crippen LogP contribution in [0.15, 0.2) is 24.3 Å². The Morgan fingerprint density at radius 3 is 2.77 bits per heavy atom. The Morgan fingerprint density at radius 2 is 2.08 bits per heavy atom. The molecule has 1 atom stereocenters. The van der Waals surface area contributed by atoms with Gasteiger partial charge in [0.2, 0.25) is 5.24 Å². The van der Waals surface area contributed by atoms with Crippen LogP contribution >= 0.6 is 11.6 Å². The van der Waals surface area contributed by atoms with E-state index >= 15 is 0 Å². The topological polar surface area (TPSA) is 34.1 Å². The van der Waals surface area contributed by atoms with E-state index < -0.39 is 11.2 Å². The van der Waals surface area contributed by atoms with Crippen molar-refractivity contribution in [1.29, 1.82) is 0 Å². The molecule has 2 rings (SSSR count). The Morgan fingerprint density at radius 1 is 1.38 bits per heavy atom. The standard InChI is InChI=1S/C10H7ClO2/c11-10(13)8-5-9(12)7-4-2-1-3-6(7)8/h1-4,8H,5H2. The lowest BCUT2D eigenvalue weighted by Crippen LogP contribution is -2.02. The van der Waals surface area contributed by atoms with Crippen molar-refractivity contribution in [3.63, 3.8) is 0 Å². The molecule has 0 saturated heterocycles. The van der Waals surface area contributed by atoms with Gasteiger partial charge >= 0.3 is 0 Å². The minimum Gasteiger partial charge on any atom is -0.294 e. The van der Waals surface area contributed by atoms with E-state index in [2.05, 4.69) is 0 Å². The molecule has 0 saturated carbocycles. The molecule has 0 aromatic heterocycles. The first kappa shape index (κ1) is 8.45. The van der Waals surface area contributed by atoms with Crippen LogP contribution < -0.4 is 0 Å². The van der Waals surface area contributed by atoms with E-state index in [1.54, 1.807) is 18.2 Å². The molecule has 0 fully saturated rings. The highest BCUT2D eigenvalue weighted by molar-refractivity contribution is 6.65. The Hall–Kier alpha value is -1.15. The number of fused-ring (bicyclic) bond motifs is 1. The third kappa shape index (κ3) is 1.27. The largest absolute Gasteiger partial charge is 0.294 e. The van der Waals surface area contributed by atoms with Gasteiger partial charge in [-0.3, -0.25) is 9.59 Å². The van der Waals surface area contributed by atoms with Crippen molar-refractivity contribution in [2.24, 2.45) is 0 Å². The van der Waals surface area contributed by atoms with Gasteiger partial charge in [-0.2, -0.15) is 0 Å². The minimum atomic E-state index is -0.446. The molecule has 0 heterocycles. The Kier molecular flexibility index (Phi) is 1.93. The van der Waals surface area contributed by atoms with Gasteiger partial charge in [-0.15, -0.1) is 0 Å². The number of hydrogen-bond acceptors (Lipinski definition) is 2. The molecule has 0 spiro atoms. The van der Waals surface area contributed by atoms with Gasteiger partial charge in [-0.1, -0.05) is 24.3 Å². The molecule has 0 amide bonds. The van der Waals surface area contributed by atoms with Crippen LogP contribution in [0.3, 0.4) is 0 Å². The molecule has 66 valence electrons. The second kappa shape index (κ2) is 2.96. The highest BCUT2D eigenvalue weighted by atomic mass is 35.5. The van der Waals surface area contributed by atoms with Crippen molar-refractivity contribution in [3.8, 4) is 0 Å². The van der Waals surface area contributed by atoms with Crippen molar-refractivity contribution >= 4 is 22.6 Å². The minimum absolute atomic E-state index is 0.00889. The second-order valence-corrected chi connectivity index (χ2v) is 3.44. The Bertz CT molecular complexity index is 384. The lowest BCUT2D eigenvalue weighted by atomic mass is 10.0. The number of hydrogen-bond donors (Lipinski definition) is 0. The first-order valence-electron chi connectivity index (χ1n) is 4.01. The van der Waals surface area contributed by atoms with Gasteiger partial charge in [0.15, 0.2) is 5.78 Å². The zero-order valence-electron chi connectivity index (χ0n) is 6.79. The van der Waals surface area contributed by atoms with Gasteiger partial charge in [0.1, 0.15) is 0 Å². The first-order valence-corrected chi connectivity index (χ1v) is 4.39. The monoisotopic (exact) mass is 194 g/mol. The van der Waals surface area contributed by atoms with Gasteiger partial charge in [-0.05, 0) is 17.2 Å². The lowest BCUT2D eigenvalue weighted by Gasteiger charge is -2.02. The average Bonchev–Trinajstić information content (AvgIpc) is 2.45. The highest BCUT2D eigenvalue weighted by Gasteiger charge is 2.32. The van der Waals surface area contributed by atoms with Crippen LogP contribution in [0.1, 0.15) is 28.3 Å². The smallest absolute Gasteiger partial charge is 0.229 e. The lowest BCUT2D eigenvalue weighted by molar-refractivity contribution is -0.112. The number of rotatable bonds is 1. The zero-order chi connectivity index (χ0) is 9.42. The number of halogens is 1. The molecular formula is C10H7ClO2. The summed E-state index contributed by atoms with van der Waals surface area (Å²) in [6.07, 6.45) is 0.224. The summed E-state index contributed by atoms with van der Waals surface area (Å²) in [5.41, 5.74) is 1.41. The third-order valence-corrected chi connectivity index (χ3v) is 2.56. The average molecular weight is 195 g/mol. The van der Waals surface area contributed by atoms with Crippen LogP contribution in [0, 0.1) is 0 Å². The fourth-order valence-electron chi connectivity index (χ4n) is 1.66. The molecule has 13 heavy (non-hydrogen) atoms. The van der Waals surface area contributed by atoms with Crippen LogP contribution in [0.25, 0.3) is 0 Å². The molecule has 1 aliphatic carbocycles. The molecule has 1 unspecified atom stereocenters. The van der Waals surface area contributed by atoms with E-state index in [1.807, 2.05) is 6.07 Å². The van der Waals surface area contributed by atoms with Crippen LogP contribution in [0.5, 0.6) is 0 Å². The molecule has 1 aromatic carbocycles. The van der Waals surface area contributed by atoms with Crippen LogP contribution in [0.2, 0.25) is 0 Å². The van der Waals surface area contributed by atoms with Gasteiger partial charge in [0, 0.05) is 12.0 Å². The summed E-state index contributed by atoms with van der Waals surface area (Å²) in [6, 6.07) is 7.12. The predicted molar refractivity (Wildman–Crippen MR) is 49.0 cm³/mol. The molecule has 0 aliphatic heterocycles. The quantitative estimate of drug-likeness (QED) is 0.642. The fraction of sp³-hybridized carbons (Fsp3) is 0.200. The van der Waals surface area contributed by atoms with Crippen LogP contribution in [-0.4, -0.2) is 11.0 Å². The van der Waals surface area contributed by atoms with E-state index in [4.69, 9.17) is 11.6 Å². The summed E-state index contributed by atoms with van der Waals surface area (Å²) < 4.78 is 0. The number of ketones is 1. The molecule has 0 N–H and O–H groups in total. The maximum Gasteiger partial charge on any atom is 0.229 e. The van der Waals surface area contributed by atoms with Crippen LogP contribution in [-0.2, 0) is 4.79 Å². The number of carbonyl (C=O) groups excluding carboxylic acids is 2. The fourth-order valence-corrected chi connectivity index (χ4v) is 1.86. The van der Waals surface area contributed by atoms with Crippen molar-refractivity contribution in [1.82, 2.24) is 0 Å². The molecule has 1 aliphatic rings. The highest BCUT2D eigenvalue weighted by Crippen LogP contribution is 2.34. The normalized spacial score (nSPS) is 20.1. The molecule has 0 radical (unpaired) electrons. The van der Waals surface area contributed by atoms with Gasteiger partial charge in [-0.25, -0.2) is 0 Å². The van der Waals surface area contributed by atoms with E-state index in [0.717, 1.165) is 5.56 Å². The van der Waals surface area contributed by atoms with E-state index in [1.165, 1.54) is 0 Å². The summed E-state index contributed by atoms with van der Waals surface area (Å²) in [4.78, 5) is 22.3. The van der Waals surface area contributed by atoms with Crippen molar-refractivity contribution < 1.29 is 9.59 Å². The summed E-state index contributed by atoms with van der Waals surface area (Å²) >= 11 is 5.39. The Labute approximate surface area is 80.5 Å². The van der Waals surface area contributed by atoms with E-state index in [0.29, 0.717) is 5.56 Å². The second-order valence-electron chi connectivity index (χ2n) is 3.07. The maximum atomic E-state index is 11.4. The maximum absolute atomic E-state index is 11.4. The van der Waals surface area contributed by atoms with E-state index in [9.17, 15) is 9.59 Å². The molecule has 0 bridgehead atoms. The summed E-state index contributed by atoms with van der Waals surface area (Å²) in [7, 11) is 0. The molecule has 2 nitrogen and oxygen atoms in total. The summed E-state index contributed by atoms with van der Waals surface area (Å²) in [5.74, 6) is -0.417. The number of carbonyl (C=O) groups is 2. The van der Waals surface area contributed by atoms with Crippen LogP contribution in [0.4, 0.5) is 0 Å². The predicted octanol–water partition coefficient (Wildman–Crippen LogP) is 2.12. The van der Waals surface area contributed by atoms with Gasteiger partial charge in [0.25, 0.3) is 0 Å². The van der Waals surface area contributed by atoms with E-state index in [-0.39, 0.29) is 12.2 Å². The van der Waals surface area contributed by atoms with Crippen molar-refractivity contribution in [3.05, 3.63) is 35.4 Å². The molecule has 1 aromatic rings. The third-order valence-electron chi connectivity index (χ3n) is 2.30. The Balaban J connectivity index is 2.53. The zero-order valence-corrected chi connectivity index (χ0v) is 7.54. The van der Waals surface area contributed by atoms with Crippen molar-refractivity contribution in [2.75, 3.05) is 0 Å². The summed E-state index contributed by atoms with van der Waals surface area (Å²) in [6.45, 7) is 0. The molecular weight excluding hydrogens is 188 g/mol.